The van der Waals surface area contributed by atoms with E-state index in [-0.39, 0.29) is 6.42 Å². The fourth-order valence-electron chi connectivity index (χ4n) is 2.01. The fourth-order valence-corrected chi connectivity index (χ4v) is 2.01. The number of para-hydroxylation sites is 1. The van der Waals surface area contributed by atoms with E-state index < -0.39 is 24.1 Å². The first-order valence-corrected chi connectivity index (χ1v) is 5.98. The maximum absolute atomic E-state index is 11.3. The highest BCUT2D eigenvalue weighted by Crippen LogP contribution is 2.21. The second-order valence-electron chi connectivity index (χ2n) is 4.45. The second kappa shape index (κ2) is 5.32. The predicted octanol–water partition coefficient (Wildman–Crippen LogP) is -0.441. The molecule has 0 aliphatic heterocycles. The van der Waals surface area contributed by atoms with E-state index in [1.807, 2.05) is 17.4 Å². The second-order valence-corrected chi connectivity index (χ2v) is 4.45. The summed E-state index contributed by atoms with van der Waals surface area (Å²) >= 11 is 0. The van der Waals surface area contributed by atoms with Crippen LogP contribution in [0.2, 0.25) is 0 Å². The van der Waals surface area contributed by atoms with Crippen LogP contribution in [0.25, 0.3) is 10.9 Å². The lowest BCUT2D eigenvalue weighted by Gasteiger charge is -2.24. The van der Waals surface area contributed by atoms with Crippen LogP contribution in [0.3, 0.4) is 0 Å². The number of carbonyl (C=O) groups excluding carboxylic acids is 1. The molecule has 1 amide bonds. The molecule has 0 fully saturated rings. The maximum Gasteiger partial charge on any atom is 0.357 e. The average Bonchev–Trinajstić information content (AvgIpc) is 2.81. The number of amides is 1. The summed E-state index contributed by atoms with van der Waals surface area (Å²) in [5.41, 5.74) is 4.14. The van der Waals surface area contributed by atoms with Crippen molar-refractivity contribution in [2.75, 3.05) is 6.54 Å². The molecule has 0 aliphatic carbocycles. The fraction of sp³-hybridized carbons (Fsp3) is 0.231. The zero-order valence-corrected chi connectivity index (χ0v) is 10.6. The standard InChI is InChI=1S/C13H15N3O4/c14-6-11(17)16-13(20,12(18)19)5-8-7-15-10-4-2-1-3-9(8)10/h1-4,7,15,20H,5-6,14H2,(H,16,17)(H,18,19)/t13-/m1/s1. The molecule has 0 spiro atoms. The Hall–Kier alpha value is -2.38. The molecule has 7 heteroatoms. The van der Waals surface area contributed by atoms with Crippen molar-refractivity contribution in [3.63, 3.8) is 0 Å². The van der Waals surface area contributed by atoms with E-state index in [1.54, 1.807) is 18.3 Å². The third-order valence-electron chi connectivity index (χ3n) is 3.01. The first-order valence-electron chi connectivity index (χ1n) is 5.98. The lowest BCUT2D eigenvalue weighted by Crippen LogP contribution is -2.57. The van der Waals surface area contributed by atoms with E-state index in [1.165, 1.54) is 0 Å². The Balaban J connectivity index is 2.33. The summed E-state index contributed by atoms with van der Waals surface area (Å²) in [7, 11) is 0. The van der Waals surface area contributed by atoms with Crippen LogP contribution >= 0.6 is 0 Å². The van der Waals surface area contributed by atoms with Gasteiger partial charge < -0.3 is 26.2 Å². The highest BCUT2D eigenvalue weighted by Gasteiger charge is 2.38. The molecule has 1 aromatic carbocycles. The molecule has 0 bridgehead atoms. The van der Waals surface area contributed by atoms with Crippen LogP contribution in [0, 0.1) is 0 Å². The highest BCUT2D eigenvalue weighted by molar-refractivity contribution is 5.88. The van der Waals surface area contributed by atoms with Crippen molar-refractivity contribution in [2.45, 2.75) is 12.1 Å². The largest absolute Gasteiger partial charge is 0.478 e. The van der Waals surface area contributed by atoms with Gasteiger partial charge in [0, 0.05) is 23.5 Å². The Kier molecular flexibility index (Phi) is 3.73. The first-order chi connectivity index (χ1) is 9.46. The minimum Gasteiger partial charge on any atom is -0.478 e. The van der Waals surface area contributed by atoms with Crippen molar-refractivity contribution >= 4 is 22.8 Å². The summed E-state index contributed by atoms with van der Waals surface area (Å²) in [5, 5.41) is 22.1. The van der Waals surface area contributed by atoms with Crippen LogP contribution in [0.1, 0.15) is 5.56 Å². The van der Waals surface area contributed by atoms with E-state index in [2.05, 4.69) is 4.98 Å². The number of carboxylic acid groups (broad SMARTS) is 1. The first kappa shape index (κ1) is 14.0. The summed E-state index contributed by atoms with van der Waals surface area (Å²) in [4.78, 5) is 25.5. The van der Waals surface area contributed by atoms with Crippen LogP contribution in [0.15, 0.2) is 30.5 Å². The number of nitrogens with two attached hydrogens (primary N) is 1. The molecule has 0 aliphatic rings. The van der Waals surface area contributed by atoms with Crippen molar-refractivity contribution in [1.29, 1.82) is 0 Å². The molecule has 2 aromatic rings. The van der Waals surface area contributed by atoms with Gasteiger partial charge in [-0.3, -0.25) is 4.79 Å². The average molecular weight is 277 g/mol. The smallest absolute Gasteiger partial charge is 0.357 e. The molecular weight excluding hydrogens is 262 g/mol. The van der Waals surface area contributed by atoms with Gasteiger partial charge in [-0.25, -0.2) is 4.79 Å². The number of hydrogen-bond donors (Lipinski definition) is 5. The van der Waals surface area contributed by atoms with Gasteiger partial charge in [-0.15, -0.1) is 0 Å². The molecule has 0 saturated carbocycles. The van der Waals surface area contributed by atoms with Crippen molar-refractivity contribution in [3.8, 4) is 0 Å². The van der Waals surface area contributed by atoms with Gasteiger partial charge in [-0.1, -0.05) is 18.2 Å². The summed E-state index contributed by atoms with van der Waals surface area (Å²) in [6.07, 6.45) is 1.34. The number of aromatic amines is 1. The van der Waals surface area contributed by atoms with Crippen molar-refractivity contribution in [1.82, 2.24) is 10.3 Å². The quantitative estimate of drug-likeness (QED) is 0.473. The SMILES string of the molecule is NCC(=O)N[C@@](O)(Cc1c[nH]c2ccccc12)C(=O)O. The number of hydrogen-bond acceptors (Lipinski definition) is 4. The Morgan fingerprint density at radius 1 is 1.35 bits per heavy atom. The zero-order chi connectivity index (χ0) is 14.8. The van der Waals surface area contributed by atoms with E-state index in [4.69, 9.17) is 10.8 Å². The molecule has 0 radical (unpaired) electrons. The van der Waals surface area contributed by atoms with E-state index in [0.717, 1.165) is 10.9 Å². The van der Waals surface area contributed by atoms with Gasteiger partial charge in [0.1, 0.15) is 0 Å². The van der Waals surface area contributed by atoms with E-state index >= 15 is 0 Å². The van der Waals surface area contributed by atoms with Gasteiger partial charge in [-0.2, -0.15) is 0 Å². The van der Waals surface area contributed by atoms with Gasteiger partial charge in [0.05, 0.1) is 6.54 Å². The van der Waals surface area contributed by atoms with E-state index in [0.29, 0.717) is 5.56 Å². The van der Waals surface area contributed by atoms with E-state index in [9.17, 15) is 14.7 Å². The summed E-state index contributed by atoms with van der Waals surface area (Å²) in [5.74, 6) is -2.28. The van der Waals surface area contributed by atoms with Crippen molar-refractivity contribution < 1.29 is 19.8 Å². The molecule has 20 heavy (non-hydrogen) atoms. The number of benzene rings is 1. The van der Waals surface area contributed by atoms with Gasteiger partial charge in [0.15, 0.2) is 0 Å². The number of aliphatic hydroxyl groups is 1. The lowest BCUT2D eigenvalue weighted by atomic mass is 10.0. The number of nitrogens with one attached hydrogen (secondary N) is 2. The number of carbonyl (C=O) groups is 2. The Morgan fingerprint density at radius 2 is 2.05 bits per heavy atom. The van der Waals surface area contributed by atoms with Crippen LogP contribution < -0.4 is 11.1 Å². The van der Waals surface area contributed by atoms with Gasteiger partial charge >= 0.3 is 5.97 Å². The van der Waals surface area contributed by atoms with Crippen LogP contribution in [-0.2, 0) is 16.0 Å². The zero-order valence-electron chi connectivity index (χ0n) is 10.6. The highest BCUT2D eigenvalue weighted by atomic mass is 16.4. The van der Waals surface area contributed by atoms with Gasteiger partial charge in [-0.05, 0) is 11.6 Å². The molecule has 1 heterocycles. The molecule has 1 aromatic heterocycles. The van der Waals surface area contributed by atoms with Crippen LogP contribution in [0.4, 0.5) is 0 Å². The normalized spacial score (nSPS) is 13.9. The van der Waals surface area contributed by atoms with Crippen molar-refractivity contribution in [2.24, 2.45) is 5.73 Å². The molecule has 0 saturated heterocycles. The molecular formula is C13H15N3O4. The van der Waals surface area contributed by atoms with Gasteiger partial charge in [0.2, 0.25) is 11.6 Å². The Morgan fingerprint density at radius 3 is 2.70 bits per heavy atom. The Bertz CT molecular complexity index is 652. The minimum absolute atomic E-state index is 0.266. The molecule has 106 valence electrons. The predicted molar refractivity (Wildman–Crippen MR) is 71.8 cm³/mol. The summed E-state index contributed by atoms with van der Waals surface area (Å²) in [6, 6.07) is 7.27. The molecule has 6 N–H and O–H groups in total. The topological polar surface area (TPSA) is 128 Å². The summed E-state index contributed by atoms with van der Waals surface area (Å²) in [6.45, 7) is -0.399. The number of H-pyrrole nitrogens is 1. The third-order valence-corrected chi connectivity index (χ3v) is 3.01. The number of aliphatic carboxylic acids is 1. The maximum atomic E-state index is 11.3. The van der Waals surface area contributed by atoms with Crippen LogP contribution in [-0.4, -0.2) is 39.3 Å². The number of rotatable bonds is 5. The van der Waals surface area contributed by atoms with Crippen molar-refractivity contribution in [3.05, 3.63) is 36.0 Å². The lowest BCUT2D eigenvalue weighted by molar-refractivity contribution is -0.165. The number of carboxylic acids is 1. The molecule has 2 rings (SSSR count). The molecule has 1 atom stereocenters. The van der Waals surface area contributed by atoms with Gasteiger partial charge in [0.25, 0.3) is 0 Å². The number of fused-ring (bicyclic) bond motifs is 1. The van der Waals surface area contributed by atoms with Crippen LogP contribution in [0.5, 0.6) is 0 Å². The Labute approximate surface area is 114 Å². The minimum atomic E-state index is -2.39. The summed E-state index contributed by atoms with van der Waals surface area (Å²) < 4.78 is 0. The molecule has 7 nitrogen and oxygen atoms in total. The molecule has 0 unspecified atom stereocenters. The number of aromatic nitrogens is 1. The third kappa shape index (κ3) is 2.63. The monoisotopic (exact) mass is 277 g/mol.